The number of carboxylic acids is 1. The lowest BCUT2D eigenvalue weighted by molar-refractivity contribution is -0.137. The SMILES string of the molecule is CCCC(CC(=O)O)NC(=O)c1cc(N)cc(Cl)c1. The first-order valence-corrected chi connectivity index (χ1v) is 6.39. The molecule has 104 valence electrons. The van der Waals surface area contributed by atoms with Gasteiger partial charge < -0.3 is 16.2 Å². The summed E-state index contributed by atoms with van der Waals surface area (Å²) in [5.41, 5.74) is 6.33. The zero-order valence-electron chi connectivity index (χ0n) is 10.6. The molecule has 0 spiro atoms. The highest BCUT2D eigenvalue weighted by Crippen LogP contribution is 2.17. The number of halogens is 1. The van der Waals surface area contributed by atoms with Crippen LogP contribution >= 0.6 is 11.6 Å². The van der Waals surface area contributed by atoms with Crippen LogP contribution in [0.2, 0.25) is 5.02 Å². The van der Waals surface area contributed by atoms with Crippen LogP contribution in [0, 0.1) is 0 Å². The van der Waals surface area contributed by atoms with Gasteiger partial charge in [-0.25, -0.2) is 0 Å². The Morgan fingerprint density at radius 1 is 1.42 bits per heavy atom. The first kappa shape index (κ1) is 15.3. The Bertz CT molecular complexity index is 457. The van der Waals surface area contributed by atoms with Gasteiger partial charge in [-0.3, -0.25) is 9.59 Å². The molecule has 1 rings (SSSR count). The number of nitrogens with two attached hydrogens (primary N) is 1. The van der Waals surface area contributed by atoms with Crippen molar-refractivity contribution in [2.45, 2.75) is 32.2 Å². The first-order valence-electron chi connectivity index (χ1n) is 6.01. The average Bonchev–Trinajstić information content (AvgIpc) is 2.26. The molecule has 4 N–H and O–H groups in total. The summed E-state index contributed by atoms with van der Waals surface area (Å²) in [6.07, 6.45) is 1.29. The molecule has 0 bridgehead atoms. The Balaban J connectivity index is 2.77. The van der Waals surface area contributed by atoms with Gasteiger partial charge in [0.05, 0.1) is 6.42 Å². The fourth-order valence-corrected chi connectivity index (χ4v) is 2.04. The molecular formula is C13H17ClN2O3. The van der Waals surface area contributed by atoms with Crippen LogP contribution in [0.1, 0.15) is 36.5 Å². The molecular weight excluding hydrogens is 268 g/mol. The van der Waals surface area contributed by atoms with Crippen LogP contribution in [-0.2, 0) is 4.79 Å². The van der Waals surface area contributed by atoms with E-state index in [9.17, 15) is 9.59 Å². The fraction of sp³-hybridized carbons (Fsp3) is 0.385. The van der Waals surface area contributed by atoms with Crippen molar-refractivity contribution >= 4 is 29.2 Å². The Kier molecular flexibility index (Phi) is 5.63. The monoisotopic (exact) mass is 284 g/mol. The molecule has 0 fully saturated rings. The molecule has 0 aliphatic heterocycles. The quantitative estimate of drug-likeness (QED) is 0.699. The number of benzene rings is 1. The third-order valence-electron chi connectivity index (χ3n) is 2.58. The van der Waals surface area contributed by atoms with Crippen LogP contribution in [0.15, 0.2) is 18.2 Å². The van der Waals surface area contributed by atoms with Crippen molar-refractivity contribution < 1.29 is 14.7 Å². The molecule has 1 unspecified atom stereocenters. The van der Waals surface area contributed by atoms with E-state index in [1.807, 2.05) is 6.92 Å². The molecule has 19 heavy (non-hydrogen) atoms. The van der Waals surface area contributed by atoms with Crippen molar-refractivity contribution in [1.29, 1.82) is 0 Å². The molecule has 0 radical (unpaired) electrons. The zero-order chi connectivity index (χ0) is 14.4. The number of carbonyl (C=O) groups excluding carboxylic acids is 1. The van der Waals surface area contributed by atoms with E-state index in [4.69, 9.17) is 22.4 Å². The summed E-state index contributed by atoms with van der Waals surface area (Å²) in [6, 6.07) is 4.15. The average molecular weight is 285 g/mol. The van der Waals surface area contributed by atoms with E-state index in [0.29, 0.717) is 22.7 Å². The van der Waals surface area contributed by atoms with Crippen LogP contribution in [0.4, 0.5) is 5.69 Å². The third kappa shape index (κ3) is 5.18. The smallest absolute Gasteiger partial charge is 0.305 e. The maximum absolute atomic E-state index is 12.0. The van der Waals surface area contributed by atoms with Crippen LogP contribution in [-0.4, -0.2) is 23.0 Å². The molecule has 0 saturated carbocycles. The molecule has 0 aliphatic carbocycles. The van der Waals surface area contributed by atoms with Gasteiger partial charge in [-0.05, 0) is 24.6 Å². The number of nitrogens with one attached hydrogen (secondary N) is 1. The van der Waals surface area contributed by atoms with E-state index in [1.54, 1.807) is 6.07 Å². The molecule has 0 aromatic heterocycles. The lowest BCUT2D eigenvalue weighted by Crippen LogP contribution is -2.36. The summed E-state index contributed by atoms with van der Waals surface area (Å²) in [6.45, 7) is 1.93. The predicted molar refractivity (Wildman–Crippen MR) is 74.3 cm³/mol. The summed E-state index contributed by atoms with van der Waals surface area (Å²) in [5, 5.41) is 11.8. The number of carboxylic acid groups (broad SMARTS) is 1. The molecule has 1 atom stereocenters. The highest BCUT2D eigenvalue weighted by molar-refractivity contribution is 6.31. The van der Waals surface area contributed by atoms with Crippen molar-refractivity contribution in [2.75, 3.05) is 5.73 Å². The van der Waals surface area contributed by atoms with Gasteiger partial charge in [-0.2, -0.15) is 0 Å². The Morgan fingerprint density at radius 3 is 2.63 bits per heavy atom. The number of rotatable bonds is 6. The molecule has 0 aliphatic rings. The first-order chi connectivity index (χ1) is 8.92. The van der Waals surface area contributed by atoms with E-state index in [1.165, 1.54) is 12.1 Å². The second kappa shape index (κ2) is 6.99. The lowest BCUT2D eigenvalue weighted by atomic mass is 10.1. The van der Waals surface area contributed by atoms with Crippen LogP contribution < -0.4 is 11.1 Å². The molecule has 1 aromatic rings. The normalized spacial score (nSPS) is 11.9. The van der Waals surface area contributed by atoms with Gasteiger partial charge in [0.25, 0.3) is 5.91 Å². The topological polar surface area (TPSA) is 92.4 Å². The maximum atomic E-state index is 12.0. The van der Waals surface area contributed by atoms with Crippen LogP contribution in [0.3, 0.4) is 0 Å². The minimum Gasteiger partial charge on any atom is -0.481 e. The molecule has 6 heteroatoms. The van der Waals surface area contributed by atoms with Crippen molar-refractivity contribution in [3.8, 4) is 0 Å². The van der Waals surface area contributed by atoms with Gasteiger partial charge in [-0.1, -0.05) is 24.9 Å². The van der Waals surface area contributed by atoms with E-state index in [-0.39, 0.29) is 12.3 Å². The number of aliphatic carboxylic acids is 1. The minimum absolute atomic E-state index is 0.102. The van der Waals surface area contributed by atoms with E-state index < -0.39 is 12.0 Å². The van der Waals surface area contributed by atoms with Gasteiger partial charge >= 0.3 is 5.97 Å². The van der Waals surface area contributed by atoms with Crippen molar-refractivity contribution in [3.63, 3.8) is 0 Å². The molecule has 1 amide bonds. The Hall–Kier alpha value is -1.75. The molecule has 0 heterocycles. The van der Waals surface area contributed by atoms with Gasteiger partial charge in [0, 0.05) is 22.3 Å². The number of nitrogen functional groups attached to an aromatic ring is 1. The number of amides is 1. The summed E-state index contributed by atoms with van der Waals surface area (Å²) >= 11 is 5.82. The number of anilines is 1. The summed E-state index contributed by atoms with van der Waals surface area (Å²) in [5.74, 6) is -1.31. The van der Waals surface area contributed by atoms with Crippen molar-refractivity contribution in [1.82, 2.24) is 5.32 Å². The van der Waals surface area contributed by atoms with Crippen LogP contribution in [0.5, 0.6) is 0 Å². The number of carbonyl (C=O) groups is 2. The maximum Gasteiger partial charge on any atom is 0.305 e. The van der Waals surface area contributed by atoms with E-state index in [2.05, 4.69) is 5.32 Å². The van der Waals surface area contributed by atoms with Crippen molar-refractivity contribution in [2.24, 2.45) is 0 Å². The highest BCUT2D eigenvalue weighted by atomic mass is 35.5. The molecule has 0 saturated heterocycles. The van der Waals surface area contributed by atoms with Gasteiger partial charge in [0.1, 0.15) is 0 Å². The highest BCUT2D eigenvalue weighted by Gasteiger charge is 2.16. The summed E-state index contributed by atoms with van der Waals surface area (Å²) in [4.78, 5) is 22.7. The summed E-state index contributed by atoms with van der Waals surface area (Å²) < 4.78 is 0. The zero-order valence-corrected chi connectivity index (χ0v) is 11.4. The van der Waals surface area contributed by atoms with Gasteiger partial charge in [0.2, 0.25) is 0 Å². The van der Waals surface area contributed by atoms with Crippen LogP contribution in [0.25, 0.3) is 0 Å². The van der Waals surface area contributed by atoms with Gasteiger partial charge in [0.15, 0.2) is 0 Å². The Morgan fingerprint density at radius 2 is 2.11 bits per heavy atom. The Labute approximate surface area is 116 Å². The van der Waals surface area contributed by atoms with Gasteiger partial charge in [-0.15, -0.1) is 0 Å². The van der Waals surface area contributed by atoms with E-state index >= 15 is 0 Å². The van der Waals surface area contributed by atoms with Crippen molar-refractivity contribution in [3.05, 3.63) is 28.8 Å². The third-order valence-corrected chi connectivity index (χ3v) is 2.79. The predicted octanol–water partition coefficient (Wildman–Crippen LogP) is 2.30. The largest absolute Gasteiger partial charge is 0.481 e. The number of hydrogen-bond donors (Lipinski definition) is 3. The lowest BCUT2D eigenvalue weighted by Gasteiger charge is -2.16. The minimum atomic E-state index is -0.940. The fourth-order valence-electron chi connectivity index (χ4n) is 1.80. The molecule has 5 nitrogen and oxygen atoms in total. The summed E-state index contributed by atoms with van der Waals surface area (Å²) in [7, 11) is 0. The second-order valence-corrected chi connectivity index (χ2v) is 4.77. The standard InChI is InChI=1S/C13H17ClN2O3/c1-2-3-11(7-12(17)18)16-13(19)8-4-9(14)6-10(15)5-8/h4-6,11H,2-3,7,15H2,1H3,(H,16,19)(H,17,18). The molecule has 1 aromatic carbocycles. The number of hydrogen-bond acceptors (Lipinski definition) is 3. The van der Waals surface area contributed by atoms with E-state index in [0.717, 1.165) is 6.42 Å². The second-order valence-electron chi connectivity index (χ2n) is 4.33.